The second kappa shape index (κ2) is 5.43. The largest absolute Gasteiger partial charge is 0.321 e. The Morgan fingerprint density at radius 1 is 1.21 bits per heavy atom. The van der Waals surface area contributed by atoms with Crippen LogP contribution in [0, 0.1) is 12.7 Å². The minimum atomic E-state index is -0.590. The second-order valence-electron chi connectivity index (χ2n) is 5.14. The van der Waals surface area contributed by atoms with Crippen molar-refractivity contribution < 1.29 is 4.39 Å². The van der Waals surface area contributed by atoms with Crippen LogP contribution in [-0.4, -0.2) is 0 Å². The number of aryl methyl sites for hydroxylation is 1. The van der Waals surface area contributed by atoms with E-state index in [-0.39, 0.29) is 5.82 Å². The normalized spacial score (nSPS) is 14.2. The first kappa shape index (κ1) is 14.2. The summed E-state index contributed by atoms with van der Waals surface area (Å²) in [5.41, 5.74) is 8.62. The first-order chi connectivity index (χ1) is 8.90. The van der Waals surface area contributed by atoms with Crippen LogP contribution in [0.5, 0.6) is 0 Å². The van der Waals surface area contributed by atoms with Gasteiger partial charge in [-0.1, -0.05) is 40.2 Å². The highest BCUT2D eigenvalue weighted by Gasteiger charge is 2.24. The van der Waals surface area contributed by atoms with Gasteiger partial charge in [-0.25, -0.2) is 4.39 Å². The molecule has 0 aliphatic rings. The minimum Gasteiger partial charge on any atom is -0.321 e. The van der Waals surface area contributed by atoms with Crippen molar-refractivity contribution in [1.82, 2.24) is 0 Å². The molecule has 0 heterocycles. The summed E-state index contributed by atoms with van der Waals surface area (Å²) in [6.45, 7) is 3.97. The topological polar surface area (TPSA) is 26.0 Å². The van der Waals surface area contributed by atoms with E-state index >= 15 is 0 Å². The summed E-state index contributed by atoms with van der Waals surface area (Å²) < 4.78 is 14.7. The van der Waals surface area contributed by atoms with Gasteiger partial charge >= 0.3 is 0 Å². The zero-order chi connectivity index (χ0) is 14.0. The molecule has 0 spiro atoms. The van der Waals surface area contributed by atoms with Gasteiger partial charge in [0.1, 0.15) is 5.82 Å². The molecule has 0 aromatic heterocycles. The molecule has 0 saturated heterocycles. The van der Waals surface area contributed by atoms with Crippen LogP contribution in [-0.2, 0) is 12.0 Å². The molecule has 0 radical (unpaired) electrons. The lowest BCUT2D eigenvalue weighted by Gasteiger charge is -2.27. The first-order valence-corrected chi connectivity index (χ1v) is 6.98. The van der Waals surface area contributed by atoms with E-state index in [1.165, 1.54) is 6.07 Å². The standard InChI is InChI=1S/C16H17BrFN/c1-11-5-3-4-6-14(11)16(2,19)10-12-9-13(17)7-8-15(12)18/h3-9H,10,19H2,1-2H3. The van der Waals surface area contributed by atoms with Crippen molar-refractivity contribution in [2.75, 3.05) is 0 Å². The van der Waals surface area contributed by atoms with Gasteiger partial charge in [0.2, 0.25) is 0 Å². The summed E-state index contributed by atoms with van der Waals surface area (Å²) in [5, 5.41) is 0. The van der Waals surface area contributed by atoms with E-state index in [2.05, 4.69) is 15.9 Å². The molecule has 2 N–H and O–H groups in total. The molecule has 2 rings (SSSR count). The van der Waals surface area contributed by atoms with Crippen LogP contribution in [0.2, 0.25) is 0 Å². The maximum atomic E-state index is 13.8. The third kappa shape index (κ3) is 3.23. The van der Waals surface area contributed by atoms with E-state index < -0.39 is 5.54 Å². The molecule has 19 heavy (non-hydrogen) atoms. The Morgan fingerprint density at radius 3 is 2.58 bits per heavy atom. The van der Waals surface area contributed by atoms with Gasteiger partial charge in [0.15, 0.2) is 0 Å². The molecule has 3 heteroatoms. The SMILES string of the molecule is Cc1ccccc1C(C)(N)Cc1cc(Br)ccc1F. The lowest BCUT2D eigenvalue weighted by atomic mass is 9.84. The van der Waals surface area contributed by atoms with Gasteiger partial charge in [0.25, 0.3) is 0 Å². The Bertz CT molecular complexity index is 593. The van der Waals surface area contributed by atoms with Gasteiger partial charge in [0.05, 0.1) is 0 Å². The molecule has 2 aromatic rings. The number of hydrogen-bond donors (Lipinski definition) is 1. The Kier molecular flexibility index (Phi) is 4.07. The highest BCUT2D eigenvalue weighted by atomic mass is 79.9. The molecular weight excluding hydrogens is 305 g/mol. The second-order valence-corrected chi connectivity index (χ2v) is 6.06. The van der Waals surface area contributed by atoms with Crippen molar-refractivity contribution in [2.45, 2.75) is 25.8 Å². The van der Waals surface area contributed by atoms with E-state index in [4.69, 9.17) is 5.73 Å². The van der Waals surface area contributed by atoms with Crippen LogP contribution < -0.4 is 5.73 Å². The number of nitrogens with two attached hydrogens (primary N) is 1. The maximum absolute atomic E-state index is 13.8. The van der Waals surface area contributed by atoms with Crippen LogP contribution in [0.1, 0.15) is 23.6 Å². The van der Waals surface area contributed by atoms with Gasteiger partial charge in [-0.15, -0.1) is 0 Å². The van der Waals surface area contributed by atoms with Crippen LogP contribution in [0.25, 0.3) is 0 Å². The van der Waals surface area contributed by atoms with Crippen molar-refractivity contribution in [1.29, 1.82) is 0 Å². The fourth-order valence-electron chi connectivity index (χ4n) is 2.38. The number of hydrogen-bond acceptors (Lipinski definition) is 1. The Labute approximate surface area is 121 Å². The highest BCUT2D eigenvalue weighted by molar-refractivity contribution is 9.10. The average molecular weight is 322 g/mol. The molecule has 0 aliphatic heterocycles. The van der Waals surface area contributed by atoms with Crippen molar-refractivity contribution in [3.63, 3.8) is 0 Å². The van der Waals surface area contributed by atoms with E-state index in [1.807, 2.05) is 38.1 Å². The Balaban J connectivity index is 2.36. The molecule has 0 amide bonds. The molecule has 100 valence electrons. The lowest BCUT2D eigenvalue weighted by molar-refractivity contribution is 0.473. The quantitative estimate of drug-likeness (QED) is 0.895. The van der Waals surface area contributed by atoms with Crippen molar-refractivity contribution in [3.05, 3.63) is 69.4 Å². The van der Waals surface area contributed by atoms with Crippen LogP contribution in [0.3, 0.4) is 0 Å². The summed E-state index contributed by atoms with van der Waals surface area (Å²) in [6.07, 6.45) is 0.461. The molecule has 2 aromatic carbocycles. The molecule has 0 bridgehead atoms. The van der Waals surface area contributed by atoms with Crippen LogP contribution in [0.4, 0.5) is 4.39 Å². The van der Waals surface area contributed by atoms with Gasteiger partial charge < -0.3 is 5.73 Å². The summed E-state index contributed by atoms with van der Waals surface area (Å²) in [6, 6.07) is 12.9. The Hall–Kier alpha value is -1.19. The van der Waals surface area contributed by atoms with E-state index in [0.29, 0.717) is 12.0 Å². The van der Waals surface area contributed by atoms with Crippen LogP contribution >= 0.6 is 15.9 Å². The molecule has 1 nitrogen and oxygen atoms in total. The van der Waals surface area contributed by atoms with Crippen LogP contribution in [0.15, 0.2) is 46.9 Å². The van der Waals surface area contributed by atoms with Gasteiger partial charge in [-0.05, 0) is 55.2 Å². The highest BCUT2D eigenvalue weighted by Crippen LogP contribution is 2.27. The summed E-state index contributed by atoms with van der Waals surface area (Å²) in [5.74, 6) is -0.214. The van der Waals surface area contributed by atoms with Gasteiger partial charge in [0, 0.05) is 10.0 Å². The fraction of sp³-hybridized carbons (Fsp3) is 0.250. The molecular formula is C16H17BrFN. The van der Waals surface area contributed by atoms with Gasteiger partial charge in [-0.3, -0.25) is 0 Å². The number of benzene rings is 2. The monoisotopic (exact) mass is 321 g/mol. The first-order valence-electron chi connectivity index (χ1n) is 6.19. The maximum Gasteiger partial charge on any atom is 0.126 e. The van der Waals surface area contributed by atoms with E-state index in [9.17, 15) is 4.39 Å². The van der Waals surface area contributed by atoms with Crippen molar-refractivity contribution in [3.8, 4) is 0 Å². The minimum absolute atomic E-state index is 0.214. The summed E-state index contributed by atoms with van der Waals surface area (Å²) in [4.78, 5) is 0. The predicted molar refractivity (Wildman–Crippen MR) is 80.5 cm³/mol. The zero-order valence-electron chi connectivity index (χ0n) is 11.1. The van der Waals surface area contributed by atoms with Crippen molar-refractivity contribution in [2.24, 2.45) is 5.73 Å². The van der Waals surface area contributed by atoms with Gasteiger partial charge in [-0.2, -0.15) is 0 Å². The number of halogens is 2. The molecule has 0 aliphatic carbocycles. The third-order valence-electron chi connectivity index (χ3n) is 3.33. The summed E-state index contributed by atoms with van der Waals surface area (Å²) >= 11 is 3.37. The lowest BCUT2D eigenvalue weighted by Crippen LogP contribution is -2.36. The molecule has 0 saturated carbocycles. The van der Waals surface area contributed by atoms with Crippen molar-refractivity contribution >= 4 is 15.9 Å². The van der Waals surface area contributed by atoms with E-state index in [0.717, 1.165) is 15.6 Å². The zero-order valence-corrected chi connectivity index (χ0v) is 12.7. The Morgan fingerprint density at radius 2 is 1.89 bits per heavy atom. The average Bonchev–Trinajstić information content (AvgIpc) is 2.34. The smallest absolute Gasteiger partial charge is 0.126 e. The van der Waals surface area contributed by atoms with E-state index in [1.54, 1.807) is 12.1 Å². The molecule has 1 atom stereocenters. The summed E-state index contributed by atoms with van der Waals surface area (Å²) in [7, 11) is 0. The number of rotatable bonds is 3. The fourth-order valence-corrected chi connectivity index (χ4v) is 2.79. The third-order valence-corrected chi connectivity index (χ3v) is 3.82. The molecule has 1 unspecified atom stereocenters. The molecule has 0 fully saturated rings. The predicted octanol–water partition coefficient (Wildman–Crippen LogP) is 4.31.